The average molecular weight is 305 g/mol. The Balaban J connectivity index is 1.71. The number of ether oxygens (including phenoxy) is 1. The van der Waals surface area contributed by atoms with Crippen molar-refractivity contribution in [1.82, 2.24) is 9.80 Å². The molecule has 1 aromatic carbocycles. The maximum Gasteiger partial charge on any atom is 0.407 e. The minimum atomic E-state index is -0.904. The molecule has 2 aliphatic rings. The van der Waals surface area contributed by atoms with Crippen LogP contribution in [0.1, 0.15) is 17.2 Å². The standard InChI is InChI=1S/C15H16FN3O3/c16-13-2-1-10(5-11(13)6-17)14-8-18-3-4-19(15(20)21)7-12(18)9-22-14/h1-2,5,12,14H,3-4,7-9H2,(H,20,21)/t12-,14?/m0/s1. The van der Waals surface area contributed by atoms with Crippen molar-refractivity contribution in [3.8, 4) is 6.07 Å². The van der Waals surface area contributed by atoms with E-state index in [-0.39, 0.29) is 17.7 Å². The average Bonchev–Trinajstić information content (AvgIpc) is 2.54. The second kappa shape index (κ2) is 5.91. The molecule has 0 saturated carbocycles. The number of piperazine rings is 1. The summed E-state index contributed by atoms with van der Waals surface area (Å²) in [6.45, 7) is 2.62. The van der Waals surface area contributed by atoms with E-state index in [1.165, 1.54) is 17.0 Å². The van der Waals surface area contributed by atoms with Crippen LogP contribution in [0.2, 0.25) is 0 Å². The quantitative estimate of drug-likeness (QED) is 0.849. The molecule has 2 saturated heterocycles. The van der Waals surface area contributed by atoms with Crippen LogP contribution in [0.15, 0.2) is 18.2 Å². The van der Waals surface area contributed by atoms with Crippen LogP contribution in [0.5, 0.6) is 0 Å². The molecule has 0 bridgehead atoms. The van der Waals surface area contributed by atoms with E-state index in [1.807, 2.05) is 6.07 Å². The molecule has 0 radical (unpaired) electrons. The molecule has 2 atom stereocenters. The summed E-state index contributed by atoms with van der Waals surface area (Å²) in [5.74, 6) is -0.532. The molecule has 0 aromatic heterocycles. The molecular formula is C15H16FN3O3. The third kappa shape index (κ3) is 2.75. The normalized spacial score (nSPS) is 25.4. The van der Waals surface area contributed by atoms with Crippen molar-refractivity contribution in [2.75, 3.05) is 32.8 Å². The highest BCUT2D eigenvalue weighted by Crippen LogP contribution is 2.28. The molecule has 116 valence electrons. The van der Waals surface area contributed by atoms with Gasteiger partial charge in [0, 0.05) is 26.2 Å². The highest BCUT2D eigenvalue weighted by atomic mass is 19.1. The summed E-state index contributed by atoms with van der Waals surface area (Å²) in [4.78, 5) is 14.6. The van der Waals surface area contributed by atoms with Gasteiger partial charge in [-0.15, -0.1) is 0 Å². The van der Waals surface area contributed by atoms with Crippen molar-refractivity contribution in [1.29, 1.82) is 5.26 Å². The van der Waals surface area contributed by atoms with Crippen LogP contribution in [0, 0.1) is 17.1 Å². The molecule has 0 spiro atoms. The van der Waals surface area contributed by atoms with Gasteiger partial charge in [-0.3, -0.25) is 4.90 Å². The Morgan fingerprint density at radius 1 is 1.41 bits per heavy atom. The first-order chi connectivity index (χ1) is 10.6. The van der Waals surface area contributed by atoms with Crippen molar-refractivity contribution >= 4 is 6.09 Å². The Labute approximate surface area is 127 Å². The van der Waals surface area contributed by atoms with E-state index in [0.717, 1.165) is 5.56 Å². The van der Waals surface area contributed by atoms with Gasteiger partial charge in [-0.1, -0.05) is 6.07 Å². The molecule has 1 aromatic rings. The number of nitrogens with zero attached hydrogens (tertiary/aromatic N) is 3. The van der Waals surface area contributed by atoms with Gasteiger partial charge in [0.25, 0.3) is 0 Å². The third-order valence-electron chi connectivity index (χ3n) is 4.25. The number of fused-ring (bicyclic) bond motifs is 1. The van der Waals surface area contributed by atoms with E-state index >= 15 is 0 Å². The van der Waals surface area contributed by atoms with E-state index in [4.69, 9.17) is 15.1 Å². The maximum absolute atomic E-state index is 13.4. The van der Waals surface area contributed by atoms with Crippen molar-refractivity contribution in [2.24, 2.45) is 0 Å². The lowest BCUT2D eigenvalue weighted by Gasteiger charge is -2.45. The highest BCUT2D eigenvalue weighted by molar-refractivity contribution is 5.65. The van der Waals surface area contributed by atoms with Crippen molar-refractivity contribution in [3.63, 3.8) is 0 Å². The third-order valence-corrected chi connectivity index (χ3v) is 4.25. The Morgan fingerprint density at radius 2 is 2.23 bits per heavy atom. The fraction of sp³-hybridized carbons (Fsp3) is 0.467. The lowest BCUT2D eigenvalue weighted by atomic mass is 10.0. The zero-order valence-corrected chi connectivity index (χ0v) is 11.9. The van der Waals surface area contributed by atoms with E-state index in [1.54, 1.807) is 6.07 Å². The van der Waals surface area contributed by atoms with Gasteiger partial charge in [0.1, 0.15) is 11.9 Å². The SMILES string of the molecule is N#Cc1cc(C2CN3CCN(C(=O)O)C[C@H]3CO2)ccc1F. The van der Waals surface area contributed by atoms with Crippen LogP contribution >= 0.6 is 0 Å². The number of halogens is 1. The lowest BCUT2D eigenvalue weighted by molar-refractivity contribution is -0.0866. The number of amides is 1. The summed E-state index contributed by atoms with van der Waals surface area (Å²) in [6.07, 6.45) is -1.13. The van der Waals surface area contributed by atoms with Gasteiger partial charge in [-0.05, 0) is 17.7 Å². The Hall–Kier alpha value is -2.17. The molecule has 1 N–H and O–H groups in total. The van der Waals surface area contributed by atoms with Crippen LogP contribution in [0.4, 0.5) is 9.18 Å². The molecule has 3 rings (SSSR count). The number of morpholine rings is 1. The predicted octanol–water partition coefficient (Wildman–Crippen LogP) is 1.43. The second-order valence-corrected chi connectivity index (χ2v) is 5.55. The zero-order valence-electron chi connectivity index (χ0n) is 11.9. The Bertz CT molecular complexity index is 631. The summed E-state index contributed by atoms with van der Waals surface area (Å²) >= 11 is 0. The molecule has 2 heterocycles. The number of benzene rings is 1. The largest absolute Gasteiger partial charge is 0.465 e. The number of nitriles is 1. The lowest BCUT2D eigenvalue weighted by Crippen LogP contribution is -2.59. The van der Waals surface area contributed by atoms with Gasteiger partial charge in [-0.25, -0.2) is 9.18 Å². The molecular weight excluding hydrogens is 289 g/mol. The van der Waals surface area contributed by atoms with Gasteiger partial charge >= 0.3 is 6.09 Å². The van der Waals surface area contributed by atoms with Gasteiger partial charge < -0.3 is 14.7 Å². The number of hydrogen-bond donors (Lipinski definition) is 1. The number of carbonyl (C=O) groups is 1. The molecule has 2 fully saturated rings. The van der Waals surface area contributed by atoms with E-state index in [9.17, 15) is 9.18 Å². The molecule has 7 heteroatoms. The fourth-order valence-corrected chi connectivity index (χ4v) is 2.99. The van der Waals surface area contributed by atoms with E-state index in [0.29, 0.717) is 32.8 Å². The Morgan fingerprint density at radius 3 is 2.95 bits per heavy atom. The van der Waals surface area contributed by atoms with Crippen LogP contribution in [-0.2, 0) is 4.74 Å². The molecule has 2 aliphatic heterocycles. The summed E-state index contributed by atoms with van der Waals surface area (Å²) in [5, 5.41) is 18.0. The van der Waals surface area contributed by atoms with Crippen LogP contribution < -0.4 is 0 Å². The van der Waals surface area contributed by atoms with Crippen LogP contribution in [-0.4, -0.2) is 59.8 Å². The van der Waals surface area contributed by atoms with Crippen molar-refractivity contribution in [3.05, 3.63) is 35.1 Å². The van der Waals surface area contributed by atoms with Crippen LogP contribution in [0.3, 0.4) is 0 Å². The van der Waals surface area contributed by atoms with Crippen LogP contribution in [0.25, 0.3) is 0 Å². The summed E-state index contributed by atoms with van der Waals surface area (Å²) < 4.78 is 19.2. The first-order valence-corrected chi connectivity index (χ1v) is 7.11. The monoisotopic (exact) mass is 305 g/mol. The molecule has 6 nitrogen and oxygen atoms in total. The highest BCUT2D eigenvalue weighted by Gasteiger charge is 2.35. The number of carboxylic acid groups (broad SMARTS) is 1. The molecule has 0 aliphatic carbocycles. The maximum atomic E-state index is 13.4. The number of hydrogen-bond acceptors (Lipinski definition) is 4. The van der Waals surface area contributed by atoms with Gasteiger partial charge in [-0.2, -0.15) is 5.26 Å². The first kappa shape index (κ1) is 14.8. The summed E-state index contributed by atoms with van der Waals surface area (Å²) in [5.41, 5.74) is 0.788. The summed E-state index contributed by atoms with van der Waals surface area (Å²) in [6, 6.07) is 6.32. The van der Waals surface area contributed by atoms with Crippen molar-refractivity contribution < 1.29 is 19.0 Å². The second-order valence-electron chi connectivity index (χ2n) is 5.55. The molecule has 22 heavy (non-hydrogen) atoms. The molecule has 1 amide bonds. The zero-order chi connectivity index (χ0) is 15.7. The van der Waals surface area contributed by atoms with Gasteiger partial charge in [0.05, 0.1) is 24.3 Å². The van der Waals surface area contributed by atoms with Gasteiger partial charge in [0.2, 0.25) is 0 Å². The predicted molar refractivity (Wildman–Crippen MR) is 74.8 cm³/mol. The smallest absolute Gasteiger partial charge is 0.407 e. The van der Waals surface area contributed by atoms with Gasteiger partial charge in [0.15, 0.2) is 0 Å². The number of rotatable bonds is 1. The summed E-state index contributed by atoms with van der Waals surface area (Å²) in [7, 11) is 0. The fourth-order valence-electron chi connectivity index (χ4n) is 2.99. The minimum absolute atomic E-state index is 0.0129. The Kier molecular flexibility index (Phi) is 3.96. The van der Waals surface area contributed by atoms with E-state index < -0.39 is 11.9 Å². The van der Waals surface area contributed by atoms with Crippen molar-refractivity contribution in [2.45, 2.75) is 12.1 Å². The topological polar surface area (TPSA) is 76.8 Å². The minimum Gasteiger partial charge on any atom is -0.465 e. The molecule has 1 unspecified atom stereocenters. The first-order valence-electron chi connectivity index (χ1n) is 7.11. The van der Waals surface area contributed by atoms with E-state index in [2.05, 4.69) is 4.90 Å².